The summed E-state index contributed by atoms with van der Waals surface area (Å²) in [7, 11) is 0. The smallest absolute Gasteiger partial charge is 0.0730 e. The molecule has 0 saturated carbocycles. The Labute approximate surface area is 245 Å². The van der Waals surface area contributed by atoms with Crippen molar-refractivity contribution < 1.29 is 0 Å². The molecule has 1 aliphatic heterocycles. The first-order chi connectivity index (χ1) is 19.8. The topological polar surface area (TPSA) is 17.8 Å². The maximum Gasteiger partial charge on any atom is 0.0730 e. The molecule has 0 unspecified atom stereocenters. The first kappa shape index (κ1) is 25.1. The molecule has 0 N–H and O–H groups in total. The second kappa shape index (κ2) is 10.3. The molecule has 0 amide bonds. The SMILES string of the molecule is C.c1ccc(-c2cc(-n3c4c(c5ccccc53)-c3ccccc3Sc3ccccc3-4)cc(-c3ccccc3)n2)cc1. The van der Waals surface area contributed by atoms with Crippen LogP contribution in [0.3, 0.4) is 0 Å². The van der Waals surface area contributed by atoms with Crippen LogP contribution in [-0.4, -0.2) is 9.55 Å². The zero-order chi connectivity index (χ0) is 26.5. The van der Waals surface area contributed by atoms with Crippen molar-refractivity contribution in [1.82, 2.24) is 9.55 Å². The highest BCUT2D eigenvalue weighted by Gasteiger charge is 2.27. The fourth-order valence-electron chi connectivity index (χ4n) is 5.83. The van der Waals surface area contributed by atoms with Gasteiger partial charge in [-0.15, -0.1) is 0 Å². The summed E-state index contributed by atoms with van der Waals surface area (Å²) in [5.41, 5.74) is 11.4. The fraction of sp³-hybridized carbons (Fsp3) is 0.0263. The van der Waals surface area contributed by atoms with Crippen molar-refractivity contribution >= 4 is 22.7 Å². The number of para-hydroxylation sites is 1. The third-order valence-electron chi connectivity index (χ3n) is 7.60. The number of rotatable bonds is 3. The number of hydrogen-bond acceptors (Lipinski definition) is 2. The Balaban J connectivity index is 0.00000276. The molecule has 0 radical (unpaired) electrons. The summed E-state index contributed by atoms with van der Waals surface area (Å²) in [6, 6.07) is 51.8. The van der Waals surface area contributed by atoms with Crippen LogP contribution in [0.4, 0.5) is 0 Å². The highest BCUT2D eigenvalue weighted by atomic mass is 32.2. The van der Waals surface area contributed by atoms with Crippen LogP contribution in [0, 0.1) is 0 Å². The molecular formula is C38H28N2S. The van der Waals surface area contributed by atoms with Crippen molar-refractivity contribution in [3.63, 3.8) is 0 Å². The first-order valence-corrected chi connectivity index (χ1v) is 14.3. The van der Waals surface area contributed by atoms with Crippen molar-refractivity contribution in [2.24, 2.45) is 0 Å². The Bertz CT molecular complexity index is 1970. The molecule has 1 aliphatic rings. The molecule has 7 aromatic rings. The second-order valence-corrected chi connectivity index (χ2v) is 11.1. The van der Waals surface area contributed by atoms with Crippen LogP contribution >= 0.6 is 11.8 Å². The Hall–Kier alpha value is -4.86. The Morgan fingerprint density at radius 1 is 0.512 bits per heavy atom. The highest BCUT2D eigenvalue weighted by Crippen LogP contribution is 2.52. The molecule has 0 saturated heterocycles. The standard InChI is InChI=1S/C37H24N2S.CH4/c1-3-13-25(14-4-1)31-23-27(24-32(38-31)26-15-5-2-6-16-26)39-33-20-10-7-17-28(33)36-29-18-8-11-21-34(29)40-35-22-12-9-19-30(35)37(36)39;/h1-24H;1H4. The minimum atomic E-state index is 0. The van der Waals surface area contributed by atoms with E-state index in [0.29, 0.717) is 0 Å². The quantitative estimate of drug-likeness (QED) is 0.220. The van der Waals surface area contributed by atoms with Gasteiger partial charge in [0, 0.05) is 37.4 Å². The van der Waals surface area contributed by atoms with E-state index in [2.05, 4.69) is 150 Å². The van der Waals surface area contributed by atoms with Gasteiger partial charge in [-0.3, -0.25) is 0 Å². The first-order valence-electron chi connectivity index (χ1n) is 13.5. The van der Waals surface area contributed by atoms with Crippen molar-refractivity contribution in [2.45, 2.75) is 17.2 Å². The maximum atomic E-state index is 5.16. The predicted molar refractivity (Wildman–Crippen MR) is 174 cm³/mol. The van der Waals surface area contributed by atoms with E-state index in [1.165, 1.54) is 43.1 Å². The van der Waals surface area contributed by atoms with E-state index >= 15 is 0 Å². The lowest BCUT2D eigenvalue weighted by atomic mass is 9.98. The van der Waals surface area contributed by atoms with Crippen LogP contribution < -0.4 is 0 Å². The van der Waals surface area contributed by atoms with Crippen LogP contribution in [-0.2, 0) is 0 Å². The van der Waals surface area contributed by atoms with Gasteiger partial charge in [-0.05, 0) is 35.9 Å². The Kier molecular flexibility index (Phi) is 6.30. The summed E-state index contributed by atoms with van der Waals surface area (Å²) in [6.07, 6.45) is 0. The van der Waals surface area contributed by atoms with Crippen LogP contribution in [0.15, 0.2) is 155 Å². The van der Waals surface area contributed by atoms with E-state index in [4.69, 9.17) is 4.98 Å². The minimum Gasteiger partial charge on any atom is -0.308 e. The van der Waals surface area contributed by atoms with Gasteiger partial charge in [0.25, 0.3) is 0 Å². The van der Waals surface area contributed by atoms with Gasteiger partial charge in [-0.2, -0.15) is 0 Å². The Morgan fingerprint density at radius 2 is 1.02 bits per heavy atom. The summed E-state index contributed by atoms with van der Waals surface area (Å²) in [4.78, 5) is 7.70. The number of fused-ring (bicyclic) bond motifs is 7. The van der Waals surface area contributed by atoms with Crippen molar-refractivity contribution in [2.75, 3.05) is 0 Å². The maximum absolute atomic E-state index is 5.16. The van der Waals surface area contributed by atoms with E-state index in [-0.39, 0.29) is 7.43 Å². The summed E-state index contributed by atoms with van der Waals surface area (Å²) in [5, 5.41) is 1.25. The van der Waals surface area contributed by atoms with E-state index in [9.17, 15) is 0 Å². The average Bonchev–Trinajstić information content (AvgIpc) is 3.29. The molecule has 3 heterocycles. The van der Waals surface area contributed by atoms with E-state index in [1.807, 2.05) is 11.8 Å². The predicted octanol–water partition coefficient (Wildman–Crippen LogP) is 10.8. The molecule has 41 heavy (non-hydrogen) atoms. The van der Waals surface area contributed by atoms with Gasteiger partial charge in [0.1, 0.15) is 0 Å². The second-order valence-electron chi connectivity index (χ2n) is 10.00. The molecule has 2 nitrogen and oxygen atoms in total. The van der Waals surface area contributed by atoms with E-state index in [0.717, 1.165) is 28.2 Å². The summed E-state index contributed by atoms with van der Waals surface area (Å²) in [6.45, 7) is 0. The van der Waals surface area contributed by atoms with Crippen LogP contribution in [0.25, 0.3) is 61.5 Å². The Morgan fingerprint density at radius 3 is 1.68 bits per heavy atom. The molecule has 3 heteroatoms. The highest BCUT2D eigenvalue weighted by molar-refractivity contribution is 7.99. The van der Waals surface area contributed by atoms with Gasteiger partial charge in [0.05, 0.1) is 28.3 Å². The summed E-state index contributed by atoms with van der Waals surface area (Å²) in [5.74, 6) is 0. The van der Waals surface area contributed by atoms with Crippen molar-refractivity contribution in [3.8, 4) is 50.6 Å². The normalized spacial score (nSPS) is 11.6. The van der Waals surface area contributed by atoms with Gasteiger partial charge >= 0.3 is 0 Å². The molecule has 2 aromatic heterocycles. The molecule has 0 spiro atoms. The van der Waals surface area contributed by atoms with Gasteiger partial charge < -0.3 is 4.57 Å². The lowest BCUT2D eigenvalue weighted by Crippen LogP contribution is -2.01. The molecule has 0 aliphatic carbocycles. The molecular weight excluding hydrogens is 516 g/mol. The third kappa shape index (κ3) is 4.18. The summed E-state index contributed by atoms with van der Waals surface area (Å²) >= 11 is 1.85. The third-order valence-corrected chi connectivity index (χ3v) is 8.75. The van der Waals surface area contributed by atoms with Crippen molar-refractivity contribution in [1.29, 1.82) is 0 Å². The lowest BCUT2D eigenvalue weighted by molar-refractivity contribution is 1.11. The summed E-state index contributed by atoms with van der Waals surface area (Å²) < 4.78 is 2.45. The number of benzene rings is 5. The van der Waals surface area contributed by atoms with Gasteiger partial charge in [-0.1, -0.05) is 134 Å². The van der Waals surface area contributed by atoms with E-state index in [1.54, 1.807) is 0 Å². The van der Waals surface area contributed by atoms with Crippen LogP contribution in [0.5, 0.6) is 0 Å². The minimum absolute atomic E-state index is 0. The monoisotopic (exact) mass is 544 g/mol. The molecule has 8 rings (SSSR count). The van der Waals surface area contributed by atoms with Crippen molar-refractivity contribution in [3.05, 3.63) is 146 Å². The number of pyridine rings is 1. The van der Waals surface area contributed by atoms with Crippen LogP contribution in [0.2, 0.25) is 0 Å². The zero-order valence-corrected chi connectivity index (χ0v) is 22.5. The number of hydrogen-bond donors (Lipinski definition) is 0. The zero-order valence-electron chi connectivity index (χ0n) is 21.7. The molecule has 0 fully saturated rings. The number of aromatic nitrogens is 2. The van der Waals surface area contributed by atoms with Crippen LogP contribution in [0.1, 0.15) is 7.43 Å². The molecule has 5 aromatic carbocycles. The lowest BCUT2D eigenvalue weighted by Gasteiger charge is -2.16. The van der Waals surface area contributed by atoms with E-state index < -0.39 is 0 Å². The average molecular weight is 545 g/mol. The molecule has 196 valence electrons. The fourth-order valence-corrected chi connectivity index (χ4v) is 6.91. The molecule has 0 atom stereocenters. The van der Waals surface area contributed by atoms with Gasteiger partial charge in [0.2, 0.25) is 0 Å². The van der Waals surface area contributed by atoms with Gasteiger partial charge in [0.15, 0.2) is 0 Å². The molecule has 0 bridgehead atoms. The van der Waals surface area contributed by atoms with Gasteiger partial charge in [-0.25, -0.2) is 4.98 Å². The largest absolute Gasteiger partial charge is 0.308 e. The number of nitrogens with zero attached hydrogens (tertiary/aromatic N) is 2.